The van der Waals surface area contributed by atoms with Crippen molar-refractivity contribution in [2.45, 2.75) is 105 Å². The van der Waals surface area contributed by atoms with E-state index in [0.29, 0.717) is 21.6 Å². The lowest BCUT2D eigenvalue weighted by Crippen LogP contribution is -2.46. The lowest BCUT2D eigenvalue weighted by Gasteiger charge is -2.37. The van der Waals surface area contributed by atoms with Gasteiger partial charge in [0.25, 0.3) is 0 Å². The summed E-state index contributed by atoms with van der Waals surface area (Å²) >= 11 is 4.79. The minimum atomic E-state index is -4.73. The Labute approximate surface area is 695 Å². The Balaban J connectivity index is 0.000000154. The number of carbonyl (C=O) groups excluding carboxylic acids is 2. The van der Waals surface area contributed by atoms with Gasteiger partial charge in [0, 0.05) is 66.9 Å². The molecule has 0 saturated carbocycles. The normalized spacial score (nSPS) is 24.6. The molecular weight excluding hydrogens is 1770 g/mol. The first-order chi connectivity index (χ1) is 56.1. The predicted molar refractivity (Wildman–Crippen MR) is 426 cm³/mol. The van der Waals surface area contributed by atoms with Gasteiger partial charge in [0.05, 0.1) is 89.6 Å². The first-order valence-corrected chi connectivity index (χ1v) is 40.3. The van der Waals surface area contributed by atoms with Crippen LogP contribution in [0.5, 0.6) is 0 Å². The molecule has 4 fully saturated rings. The minimum Gasteiger partial charge on any atom is -0.399 e. The number of rotatable bonds is 15. The van der Waals surface area contributed by atoms with Crippen molar-refractivity contribution in [1.29, 1.82) is 0 Å². The summed E-state index contributed by atoms with van der Waals surface area (Å²) in [5.74, 6) is -10.6. The second-order valence-corrected chi connectivity index (χ2v) is 32.9. The predicted octanol–water partition coefficient (Wildman–Crippen LogP) is 19.9. The van der Waals surface area contributed by atoms with Crippen molar-refractivity contribution in [2.75, 3.05) is 37.1 Å². The monoisotopic (exact) mass is 1840 g/mol. The molecule has 10 heterocycles. The number of Topliss-reactive ketones (excluding diaryl/α,β-unsaturated/α-hetero) is 2. The van der Waals surface area contributed by atoms with Gasteiger partial charge in [0.2, 0.25) is 0 Å². The highest BCUT2D eigenvalue weighted by atomic mass is 127. The number of thioether (sulfide) groups is 3. The molecule has 7 aliphatic rings. The summed E-state index contributed by atoms with van der Waals surface area (Å²) in [5, 5.41) is 0.625. The molecule has 3 aromatic heterocycles. The average Bonchev–Trinajstić information content (AvgIpc) is 1.62. The van der Waals surface area contributed by atoms with Gasteiger partial charge < -0.3 is 29.3 Å². The number of hydrogen-bond donors (Lipinski definition) is 1. The number of aliphatic imine (C=N–C) groups is 3. The van der Waals surface area contributed by atoms with E-state index in [0.717, 1.165) is 102 Å². The Morgan fingerprint density at radius 1 is 0.471 bits per heavy atom. The number of aromatic nitrogens is 3. The molecule has 626 valence electrons. The average molecular weight is 1840 g/mol. The lowest BCUT2D eigenvalue weighted by molar-refractivity contribution is -0.215. The summed E-state index contributed by atoms with van der Waals surface area (Å²) < 4.78 is 279. The number of ether oxygens (including phenoxy) is 3. The maximum Gasteiger partial charge on any atom is 0.494 e. The van der Waals surface area contributed by atoms with Crippen LogP contribution in [0.2, 0.25) is 0 Å². The zero-order chi connectivity index (χ0) is 86.0. The van der Waals surface area contributed by atoms with E-state index in [1.807, 2.05) is 27.7 Å². The van der Waals surface area contributed by atoms with Gasteiger partial charge in [-0.1, -0.05) is 96.7 Å². The largest absolute Gasteiger partial charge is 0.494 e. The fourth-order valence-electron chi connectivity index (χ4n) is 14.2. The van der Waals surface area contributed by atoms with Crippen LogP contribution in [0.3, 0.4) is 0 Å². The molecule has 37 heteroatoms. The van der Waals surface area contributed by atoms with E-state index in [4.69, 9.17) is 29.3 Å². The van der Waals surface area contributed by atoms with Crippen LogP contribution in [0.1, 0.15) is 106 Å². The molecule has 0 spiro atoms. The molecule has 0 amide bonds. The summed E-state index contributed by atoms with van der Waals surface area (Å²) in [6.45, 7) is 5.96. The molecule has 4 saturated heterocycles. The zero-order valence-electron chi connectivity index (χ0n) is 62.6. The first-order valence-electron chi connectivity index (χ1n) is 36.1. The summed E-state index contributed by atoms with van der Waals surface area (Å²) in [6, 6.07) is 34.9. The molecular formula is C82H67BF18IN7O7S3. The van der Waals surface area contributed by atoms with Gasteiger partial charge in [0.1, 0.15) is 63.2 Å². The van der Waals surface area contributed by atoms with Gasteiger partial charge in [-0.05, 0) is 146 Å². The number of amidine groups is 1. The van der Waals surface area contributed by atoms with Crippen LogP contribution in [0.4, 0.5) is 79.0 Å². The van der Waals surface area contributed by atoms with E-state index < -0.39 is 162 Å². The van der Waals surface area contributed by atoms with E-state index >= 15 is 8.78 Å². The Morgan fingerprint density at radius 2 is 0.815 bits per heavy atom. The number of nitrogens with two attached hydrogens (primary N) is 1. The fourth-order valence-corrected chi connectivity index (χ4v) is 18.2. The van der Waals surface area contributed by atoms with Crippen molar-refractivity contribution in [3.05, 3.63) is 265 Å². The second-order valence-electron chi connectivity index (χ2n) is 29.1. The third kappa shape index (κ3) is 19.9. The number of benzene rings is 5. The second kappa shape index (κ2) is 36.2. The van der Waals surface area contributed by atoms with Crippen LogP contribution in [0.15, 0.2) is 189 Å². The number of fused-ring (bicyclic) bond motifs is 3. The Kier molecular flexibility index (Phi) is 27.2. The smallest absolute Gasteiger partial charge is 0.399 e. The molecule has 5 aromatic carbocycles. The van der Waals surface area contributed by atoms with Gasteiger partial charge in [-0.3, -0.25) is 34.5 Å². The van der Waals surface area contributed by atoms with Crippen LogP contribution in [-0.4, -0.2) is 134 Å². The van der Waals surface area contributed by atoms with Crippen LogP contribution in [0, 0.1) is 52.7 Å². The Hall–Kier alpha value is -8.70. The number of nitrogens with zero attached hydrogens (tertiary/aromatic N) is 6. The summed E-state index contributed by atoms with van der Waals surface area (Å²) in [5.41, 5.74) is 0.428. The zero-order valence-corrected chi connectivity index (χ0v) is 67.2. The standard InChI is InChI=1S/C28H20F6N2O2S.C27H28BF4NO4S.C20H15F6N3OS.C7H4F2IN/c29-18-7-9-23(35-13-18)22(31)11-16-6-8-21(30)19(10-16)27-15-38-26(28(32,33)34)20(27)14-39-25(36-27)12-24(37)17-4-2-1-3-5-17;1-24(2)25(3,4)37-28(36-24)17-10-11-20(29)18(12-17)26-15-35-23(27(30,31)32)19(26)14-38-22(33-26)13-21(34)16-8-6-5-7-9-16;21-11-2-4-16(28-7-11)15(23)6-10-1-3-14(22)12(5-10)19-9-30-17(20(24,25)26)13(19)8-31-18(27)29-19;8-5-1-2-7(11-4-5)6(9)3-10/h1-11,13,20,26H,12,14-15H2;5-12,19,23H,13-15H2,1-4H3;1-7,13,17H,8-9H2,(H2,27,29);1-4H/b22-11-;;15-6-;6-3-/t20-,26+,27-;19-,23+,26-;13-,17+,19-;/m111./s1. The molecule has 9 atom stereocenters. The number of pyridine rings is 3. The lowest BCUT2D eigenvalue weighted by atomic mass is 9.73. The number of alkyl halides is 9. The van der Waals surface area contributed by atoms with Crippen molar-refractivity contribution < 1.29 is 112 Å². The van der Waals surface area contributed by atoms with Crippen molar-refractivity contribution in [3.63, 3.8) is 0 Å². The quantitative estimate of drug-likeness (QED) is 0.0443. The first kappa shape index (κ1) is 89.6. The molecule has 14 nitrogen and oxygen atoms in total. The molecule has 0 unspecified atom stereocenters. The minimum absolute atomic E-state index is 0.0183. The highest BCUT2D eigenvalue weighted by molar-refractivity contribution is 14.1. The van der Waals surface area contributed by atoms with Crippen LogP contribution in [0.25, 0.3) is 29.6 Å². The fraction of sp³-hybridized carbons (Fsp3) is 0.317. The topological polar surface area (TPSA) is 182 Å². The highest BCUT2D eigenvalue weighted by Crippen LogP contribution is 2.56. The summed E-state index contributed by atoms with van der Waals surface area (Å²) in [7, 11) is -0.837. The molecule has 7 aliphatic heterocycles. The summed E-state index contributed by atoms with van der Waals surface area (Å²) in [6.07, 6.45) is -16.0. The molecule has 2 N–H and O–H groups in total. The van der Waals surface area contributed by atoms with E-state index in [-0.39, 0.29) is 96.8 Å². The molecule has 0 aliphatic carbocycles. The maximum absolute atomic E-state index is 15.5. The van der Waals surface area contributed by atoms with Crippen LogP contribution >= 0.6 is 57.9 Å². The Morgan fingerprint density at radius 3 is 1.17 bits per heavy atom. The van der Waals surface area contributed by atoms with E-state index in [1.54, 1.807) is 83.3 Å². The molecule has 119 heavy (non-hydrogen) atoms. The number of carbonyl (C=O) groups is 2. The van der Waals surface area contributed by atoms with Gasteiger partial charge in [0.15, 0.2) is 40.9 Å². The van der Waals surface area contributed by atoms with Crippen molar-refractivity contribution in [1.82, 2.24) is 15.0 Å². The third-order valence-corrected chi connectivity index (χ3v) is 24.5. The number of ketones is 2. The van der Waals surface area contributed by atoms with E-state index in [9.17, 15) is 79.8 Å². The van der Waals surface area contributed by atoms with Crippen molar-refractivity contribution in [3.8, 4) is 0 Å². The molecule has 0 bridgehead atoms. The summed E-state index contributed by atoms with van der Waals surface area (Å²) in [4.78, 5) is 49.9. The van der Waals surface area contributed by atoms with Gasteiger partial charge in [-0.25, -0.2) is 44.5 Å². The Bertz CT molecular complexity index is 5240. The molecule has 8 aromatic rings. The van der Waals surface area contributed by atoms with Crippen molar-refractivity contribution >= 4 is 127 Å². The maximum atomic E-state index is 15.5. The molecule has 0 radical (unpaired) electrons. The van der Waals surface area contributed by atoms with Crippen LogP contribution < -0.4 is 11.2 Å². The van der Waals surface area contributed by atoms with E-state index in [2.05, 4.69) is 29.9 Å². The van der Waals surface area contributed by atoms with E-state index in [1.165, 1.54) is 58.7 Å². The highest BCUT2D eigenvalue weighted by Gasteiger charge is 2.65. The number of hydrogen-bond acceptors (Lipinski definition) is 17. The van der Waals surface area contributed by atoms with Gasteiger partial charge in [-0.2, -0.15) is 39.5 Å². The van der Waals surface area contributed by atoms with Crippen LogP contribution in [-0.2, 0) is 40.1 Å². The SMILES string of the molecule is CC1(C)OB(c2ccc(F)c([C@]34CO[C@H](C(F)(F)F)[C@H]3CSC(CC(=O)c3ccccc3)=N4)c2)OC1(C)C.F/C(=C\I)c1ccc(F)cn1.NC1=N[C@@]2(c3cc(/C=C(\F)c4ccc(F)cn4)ccc3F)CO[C@H](C(F)(F)F)[C@H]2CS1.O=C(CC1=N[C@@]2(c3cc(/C=C(\F)c4ccc(F)cn4)ccc3F)CO[C@H](C(F)(F)F)[C@H]2CS1)c1ccccc1. The van der Waals surface area contributed by atoms with Gasteiger partial charge >= 0.3 is 25.6 Å². The molecule has 15 rings (SSSR count). The third-order valence-electron chi connectivity index (χ3n) is 20.9. The van der Waals surface area contributed by atoms with Crippen molar-refractivity contribution in [2.24, 2.45) is 38.5 Å². The number of halogens is 19. The van der Waals surface area contributed by atoms with Gasteiger partial charge in [-0.15, -0.1) is 23.5 Å².